The quantitative estimate of drug-likeness (QED) is 0.0366. The maximum absolute atomic E-state index is 15.3. The first-order valence-electron chi connectivity index (χ1n) is 29.0. The van der Waals surface area contributed by atoms with Gasteiger partial charge in [-0.2, -0.15) is 9.97 Å². The Hall–Kier alpha value is -9.84. The van der Waals surface area contributed by atoms with Crippen molar-refractivity contribution >= 4 is 57.2 Å². The van der Waals surface area contributed by atoms with E-state index >= 15 is 4.39 Å². The Morgan fingerprint density at radius 3 is 1.52 bits per heavy atom. The maximum Gasteiger partial charge on any atom is 0.229 e. The van der Waals surface area contributed by atoms with Crippen LogP contribution in [-0.4, -0.2) is 101 Å². The number of hydrogen-bond acceptors (Lipinski definition) is 16. The van der Waals surface area contributed by atoms with E-state index in [-0.39, 0.29) is 12.4 Å². The lowest BCUT2D eigenvalue weighted by atomic mass is 10.0. The summed E-state index contributed by atoms with van der Waals surface area (Å²) in [5.74, 6) is 4.66. The van der Waals surface area contributed by atoms with Crippen LogP contribution in [0.4, 0.5) is 50.7 Å². The van der Waals surface area contributed by atoms with Gasteiger partial charge in [0.25, 0.3) is 0 Å². The first-order chi connectivity index (χ1) is 42.2. The number of nitrogens with one attached hydrogen (secondary N) is 4. The number of likely N-dealkylation sites (N-methyl/N-ethyl adjacent to an activating group) is 2. The third kappa shape index (κ3) is 16.9. The highest BCUT2D eigenvalue weighted by molar-refractivity contribution is 5.88. The zero-order valence-corrected chi connectivity index (χ0v) is 49.6. The van der Waals surface area contributed by atoms with Crippen LogP contribution in [-0.2, 0) is 6.61 Å². The fourth-order valence-electron chi connectivity index (χ4n) is 9.41. The smallest absolute Gasteiger partial charge is 0.229 e. The second kappa shape index (κ2) is 31.2. The van der Waals surface area contributed by atoms with Crippen LogP contribution in [0, 0.1) is 5.82 Å². The molecule has 4 N–H and O–H groups in total. The summed E-state index contributed by atoms with van der Waals surface area (Å²) in [6, 6.07) is 55.5. The van der Waals surface area contributed by atoms with Gasteiger partial charge in [0.05, 0.1) is 31.1 Å². The van der Waals surface area contributed by atoms with Gasteiger partial charge in [0.2, 0.25) is 11.9 Å². The van der Waals surface area contributed by atoms with E-state index in [0.29, 0.717) is 59.3 Å². The largest absolute Gasteiger partial charge is 0.495 e. The van der Waals surface area contributed by atoms with E-state index in [1.165, 1.54) is 6.07 Å². The predicted octanol–water partition coefficient (Wildman–Crippen LogP) is 15.4. The van der Waals surface area contributed by atoms with Crippen molar-refractivity contribution in [3.05, 3.63) is 206 Å². The molecule has 0 saturated carbocycles. The molecular formula is C69H74FN11O5. The van der Waals surface area contributed by atoms with Gasteiger partial charge in [-0.15, -0.1) is 0 Å². The number of rotatable bonds is 28. The fraction of sp³-hybridized carbons (Fsp3) is 0.232. The van der Waals surface area contributed by atoms with E-state index in [1.54, 1.807) is 38.7 Å². The van der Waals surface area contributed by atoms with E-state index in [4.69, 9.17) is 33.7 Å². The van der Waals surface area contributed by atoms with Crippen LogP contribution in [0.2, 0.25) is 0 Å². The molecule has 0 unspecified atom stereocenters. The Morgan fingerprint density at radius 2 is 0.988 bits per heavy atom. The lowest BCUT2D eigenvalue weighted by molar-refractivity contribution is 0.216. The molecule has 0 bridgehead atoms. The zero-order valence-electron chi connectivity index (χ0n) is 49.6. The molecule has 0 aliphatic rings. The third-order valence-corrected chi connectivity index (χ3v) is 14.1. The normalized spacial score (nSPS) is 10.9. The van der Waals surface area contributed by atoms with Crippen molar-refractivity contribution in [2.24, 2.45) is 0 Å². The van der Waals surface area contributed by atoms with Crippen LogP contribution in [0.5, 0.6) is 28.7 Å². The predicted molar refractivity (Wildman–Crippen MR) is 344 cm³/mol. The average molecular weight is 1160 g/mol. The van der Waals surface area contributed by atoms with Crippen molar-refractivity contribution in [2.45, 2.75) is 40.7 Å². The molecule has 16 nitrogen and oxygen atoms in total. The van der Waals surface area contributed by atoms with Crippen LogP contribution < -0.4 is 45.0 Å². The van der Waals surface area contributed by atoms with Crippen molar-refractivity contribution in [1.29, 1.82) is 0 Å². The van der Waals surface area contributed by atoms with Gasteiger partial charge in [-0.1, -0.05) is 100 Å². The van der Waals surface area contributed by atoms with Gasteiger partial charge in [-0.25, -0.2) is 14.4 Å². The molecule has 7 aromatic carbocycles. The second-order valence-electron chi connectivity index (χ2n) is 19.8. The number of hydrogen-bond donors (Lipinski definition) is 4. The Bertz CT molecular complexity index is 3730. The van der Waals surface area contributed by atoms with Crippen LogP contribution in [0.15, 0.2) is 195 Å². The Labute approximate surface area is 503 Å². The van der Waals surface area contributed by atoms with Crippen molar-refractivity contribution < 1.29 is 28.1 Å². The number of fused-ring (bicyclic) bond motifs is 1. The lowest BCUT2D eigenvalue weighted by Gasteiger charge is -2.19. The first-order valence-corrected chi connectivity index (χ1v) is 29.0. The second-order valence-corrected chi connectivity index (χ2v) is 19.8. The minimum Gasteiger partial charge on any atom is -0.495 e. The summed E-state index contributed by atoms with van der Waals surface area (Å²) in [7, 11) is 3.26. The molecule has 0 amide bonds. The molecule has 0 aliphatic carbocycles. The molecule has 10 rings (SSSR count). The highest BCUT2D eigenvalue weighted by Gasteiger charge is 2.17. The molecule has 0 aliphatic heterocycles. The van der Waals surface area contributed by atoms with Crippen molar-refractivity contribution in [2.75, 3.05) is 88.0 Å². The number of pyridine rings is 1. The van der Waals surface area contributed by atoms with E-state index in [1.807, 2.05) is 158 Å². The molecule has 3 aromatic heterocycles. The number of nitrogens with zero attached hydrogens (tertiary/aromatic N) is 7. The topological polar surface area (TPSA) is 165 Å². The van der Waals surface area contributed by atoms with Crippen LogP contribution >= 0.6 is 0 Å². The monoisotopic (exact) mass is 1160 g/mol. The van der Waals surface area contributed by atoms with E-state index in [9.17, 15) is 0 Å². The number of halogens is 1. The molecule has 0 radical (unpaired) electrons. The van der Waals surface area contributed by atoms with E-state index in [0.717, 1.165) is 108 Å². The van der Waals surface area contributed by atoms with Crippen molar-refractivity contribution in [3.63, 3.8) is 0 Å². The van der Waals surface area contributed by atoms with E-state index < -0.39 is 5.82 Å². The molecule has 0 atom stereocenters. The van der Waals surface area contributed by atoms with Crippen molar-refractivity contribution in [3.8, 4) is 51.0 Å². The highest BCUT2D eigenvalue weighted by atomic mass is 19.1. The number of para-hydroxylation sites is 4. The van der Waals surface area contributed by atoms with Gasteiger partial charge in [0.15, 0.2) is 11.6 Å². The molecule has 442 valence electrons. The number of aromatic nitrogens is 5. The Morgan fingerprint density at radius 1 is 0.465 bits per heavy atom. The Kier molecular flexibility index (Phi) is 22.0. The molecule has 0 fully saturated rings. The summed E-state index contributed by atoms with van der Waals surface area (Å²) < 4.78 is 44.0. The van der Waals surface area contributed by atoms with Gasteiger partial charge in [-0.3, -0.25) is 4.98 Å². The van der Waals surface area contributed by atoms with Gasteiger partial charge in [0, 0.05) is 59.6 Å². The standard InChI is InChI=1S/C37H40FN5O3.C32H34N6O2/c1-4-21-43(5-2)22-23-45-30-18-16-29(17-19-30)40-37-39-25-31(36(42-37)41-33-13-9-10-14-35(33)44-3)28-15-20-34(32(38)24-28)46-26-27-11-7-6-8-12-27;1-4-38(5-2)19-20-40-26-15-13-25(14-16-26)35-32-34-22-27(23-12-17-28-24(21-23)9-8-18-33-28)31(37-32)36-29-10-6-7-11-30(29)39-3/h6-20,24-25H,4-5,21-23,26H2,1-3H3,(H2,39,40,41,42);6-18,21-22H,4-5,19-20H2,1-3H3,(H2,34,35,36,37). The maximum atomic E-state index is 15.3. The molecule has 0 spiro atoms. The van der Waals surface area contributed by atoms with Gasteiger partial charge >= 0.3 is 0 Å². The Balaban J connectivity index is 0.000000207. The zero-order chi connectivity index (χ0) is 59.9. The number of anilines is 8. The third-order valence-electron chi connectivity index (χ3n) is 14.1. The van der Waals surface area contributed by atoms with Crippen LogP contribution in [0.1, 0.15) is 39.7 Å². The molecule has 86 heavy (non-hydrogen) atoms. The number of methoxy groups -OCH3 is 2. The lowest BCUT2D eigenvalue weighted by Crippen LogP contribution is -2.28. The van der Waals surface area contributed by atoms with Crippen LogP contribution in [0.3, 0.4) is 0 Å². The summed E-state index contributed by atoms with van der Waals surface area (Å²) in [5.41, 5.74) is 8.12. The number of benzene rings is 7. The summed E-state index contributed by atoms with van der Waals surface area (Å²) in [4.78, 5) is 28.0. The van der Waals surface area contributed by atoms with Gasteiger partial charge in [-0.05, 0) is 152 Å². The summed E-state index contributed by atoms with van der Waals surface area (Å²) in [6.07, 6.45) is 6.42. The molecule has 17 heteroatoms. The van der Waals surface area contributed by atoms with Crippen molar-refractivity contribution in [1.82, 2.24) is 34.7 Å². The molecule has 3 heterocycles. The summed E-state index contributed by atoms with van der Waals surface area (Å²) in [5, 5.41) is 14.5. The average Bonchev–Trinajstić information content (AvgIpc) is 3.30. The minimum atomic E-state index is -0.478. The summed E-state index contributed by atoms with van der Waals surface area (Å²) in [6.45, 7) is 16.1. The fourth-order valence-corrected chi connectivity index (χ4v) is 9.41. The minimum absolute atomic E-state index is 0.169. The summed E-state index contributed by atoms with van der Waals surface area (Å²) >= 11 is 0. The molecule has 10 aromatic rings. The first kappa shape index (κ1) is 60.7. The van der Waals surface area contributed by atoms with Gasteiger partial charge in [0.1, 0.15) is 54.5 Å². The number of ether oxygens (including phenoxy) is 5. The highest BCUT2D eigenvalue weighted by Crippen LogP contribution is 2.37. The van der Waals surface area contributed by atoms with E-state index in [2.05, 4.69) is 79.8 Å². The molecule has 0 saturated heterocycles. The van der Waals surface area contributed by atoms with Gasteiger partial charge < -0.3 is 54.8 Å². The molecular weight excluding hydrogens is 1080 g/mol. The SMILES string of the molecule is CCCN(CC)CCOc1ccc(Nc2ncc(-c3ccc(OCc4ccccc4)c(F)c3)c(Nc3ccccc3OC)n2)cc1.CCN(CC)CCOc1ccc(Nc2ncc(-c3ccc4ncccc4c3)c(Nc3ccccc3OC)n2)cc1. The van der Waals surface area contributed by atoms with Crippen LogP contribution in [0.25, 0.3) is 33.2 Å².